The summed E-state index contributed by atoms with van der Waals surface area (Å²) in [5.41, 5.74) is 1.61. The molecule has 0 radical (unpaired) electrons. The van der Waals surface area contributed by atoms with Gasteiger partial charge in [-0.05, 0) is 30.9 Å². The van der Waals surface area contributed by atoms with Gasteiger partial charge < -0.3 is 15.0 Å². The van der Waals surface area contributed by atoms with Crippen LogP contribution in [0.5, 0.6) is 0 Å². The van der Waals surface area contributed by atoms with Crippen molar-refractivity contribution < 1.29 is 9.53 Å². The van der Waals surface area contributed by atoms with E-state index in [2.05, 4.69) is 24.1 Å². The smallest absolute Gasteiger partial charge is 0.253 e. The number of hydrogen-bond acceptors (Lipinski definition) is 4. The van der Waals surface area contributed by atoms with E-state index in [0.29, 0.717) is 12.1 Å². The first-order chi connectivity index (χ1) is 10.0. The maximum Gasteiger partial charge on any atom is 0.253 e. The largest absolute Gasteiger partial charge is 0.376 e. The molecule has 0 aliphatic carbocycles. The zero-order valence-corrected chi connectivity index (χ0v) is 13.3. The Balaban J connectivity index is 2.14. The molecule has 1 aromatic heterocycles. The van der Waals surface area contributed by atoms with Crippen molar-refractivity contribution in [1.82, 2.24) is 9.88 Å². The Morgan fingerprint density at radius 2 is 2.29 bits per heavy atom. The third kappa shape index (κ3) is 3.94. The van der Waals surface area contributed by atoms with Gasteiger partial charge in [0.05, 0.1) is 6.10 Å². The molecule has 1 aliphatic rings. The van der Waals surface area contributed by atoms with Crippen LogP contribution in [0.1, 0.15) is 48.7 Å². The van der Waals surface area contributed by atoms with Crippen molar-refractivity contribution in [2.75, 3.05) is 32.6 Å². The van der Waals surface area contributed by atoms with Crippen LogP contribution >= 0.6 is 0 Å². The zero-order chi connectivity index (χ0) is 15.4. The second-order valence-corrected chi connectivity index (χ2v) is 5.89. The van der Waals surface area contributed by atoms with E-state index in [4.69, 9.17) is 4.74 Å². The highest BCUT2D eigenvalue weighted by atomic mass is 16.5. The molecule has 21 heavy (non-hydrogen) atoms. The highest BCUT2D eigenvalue weighted by Gasteiger charge is 2.21. The first-order valence-electron chi connectivity index (χ1n) is 7.58. The maximum atomic E-state index is 12.6. The average molecular weight is 291 g/mol. The molecule has 1 fully saturated rings. The van der Waals surface area contributed by atoms with Gasteiger partial charge in [-0.15, -0.1) is 0 Å². The number of likely N-dealkylation sites (N-methyl/N-ethyl adjacent to an activating group) is 1. The Labute approximate surface area is 126 Å². The van der Waals surface area contributed by atoms with E-state index in [1.54, 1.807) is 11.0 Å². The fraction of sp³-hybridized carbons (Fsp3) is 0.625. The summed E-state index contributed by atoms with van der Waals surface area (Å²) in [7, 11) is 3.65. The summed E-state index contributed by atoms with van der Waals surface area (Å²) in [6, 6.07) is 3.69. The van der Waals surface area contributed by atoms with Gasteiger partial charge in [-0.1, -0.05) is 13.8 Å². The van der Waals surface area contributed by atoms with Gasteiger partial charge in [0.15, 0.2) is 0 Å². The number of nitrogens with zero attached hydrogens (tertiary/aromatic N) is 2. The van der Waals surface area contributed by atoms with Crippen LogP contribution in [0.25, 0.3) is 0 Å². The summed E-state index contributed by atoms with van der Waals surface area (Å²) in [4.78, 5) is 18.8. The van der Waals surface area contributed by atoms with Gasteiger partial charge in [-0.25, -0.2) is 4.98 Å². The number of hydrogen-bond donors (Lipinski definition) is 1. The predicted octanol–water partition coefficient (Wildman–Crippen LogP) is 2.50. The van der Waals surface area contributed by atoms with Crippen molar-refractivity contribution in [1.29, 1.82) is 0 Å². The first kappa shape index (κ1) is 15.8. The first-order valence-corrected chi connectivity index (χ1v) is 7.58. The Hall–Kier alpha value is -1.62. The minimum atomic E-state index is 0.0197. The number of rotatable bonds is 5. The second kappa shape index (κ2) is 6.89. The monoisotopic (exact) mass is 291 g/mol. The summed E-state index contributed by atoms with van der Waals surface area (Å²) < 4.78 is 5.60. The Morgan fingerprint density at radius 3 is 2.86 bits per heavy atom. The molecule has 1 aliphatic heterocycles. The number of carbonyl (C=O) groups excluding carboxylic acids is 1. The molecule has 1 N–H and O–H groups in total. The van der Waals surface area contributed by atoms with Crippen molar-refractivity contribution in [3.05, 3.63) is 23.4 Å². The highest BCUT2D eigenvalue weighted by molar-refractivity contribution is 5.95. The van der Waals surface area contributed by atoms with Crippen LogP contribution in [-0.4, -0.2) is 49.1 Å². The molecule has 1 unspecified atom stereocenters. The fourth-order valence-electron chi connectivity index (χ4n) is 2.50. The van der Waals surface area contributed by atoms with Crippen LogP contribution in [-0.2, 0) is 4.74 Å². The molecule has 5 nitrogen and oxygen atoms in total. The molecular weight excluding hydrogens is 266 g/mol. The van der Waals surface area contributed by atoms with Crippen LogP contribution < -0.4 is 5.32 Å². The lowest BCUT2D eigenvalue weighted by Gasteiger charge is -2.21. The van der Waals surface area contributed by atoms with Crippen LogP contribution in [0.2, 0.25) is 0 Å². The third-order valence-corrected chi connectivity index (χ3v) is 3.79. The van der Waals surface area contributed by atoms with Gasteiger partial charge in [-0.3, -0.25) is 4.79 Å². The van der Waals surface area contributed by atoms with Gasteiger partial charge in [-0.2, -0.15) is 0 Å². The van der Waals surface area contributed by atoms with Gasteiger partial charge >= 0.3 is 0 Å². The molecule has 116 valence electrons. The van der Waals surface area contributed by atoms with Crippen molar-refractivity contribution in [3.63, 3.8) is 0 Å². The van der Waals surface area contributed by atoms with Crippen molar-refractivity contribution in [2.24, 2.45) is 0 Å². The highest BCUT2D eigenvalue weighted by Crippen LogP contribution is 2.19. The molecule has 0 spiro atoms. The van der Waals surface area contributed by atoms with Crippen LogP contribution in [0.3, 0.4) is 0 Å². The Morgan fingerprint density at radius 1 is 1.52 bits per heavy atom. The summed E-state index contributed by atoms with van der Waals surface area (Å²) in [6.07, 6.45) is 2.30. The lowest BCUT2D eigenvalue weighted by molar-refractivity contribution is 0.0587. The topological polar surface area (TPSA) is 54.5 Å². The normalized spacial score (nSPS) is 18.0. The zero-order valence-electron chi connectivity index (χ0n) is 13.3. The van der Waals surface area contributed by atoms with Gasteiger partial charge in [0, 0.05) is 38.5 Å². The quantitative estimate of drug-likeness (QED) is 0.905. The molecular formula is C16H25N3O2. The van der Waals surface area contributed by atoms with E-state index < -0.39 is 0 Å². The van der Waals surface area contributed by atoms with Gasteiger partial charge in [0.1, 0.15) is 5.82 Å². The van der Waals surface area contributed by atoms with Crippen LogP contribution in [0.15, 0.2) is 12.1 Å². The number of nitrogens with one attached hydrogen (secondary N) is 1. The standard InChI is InChI=1S/C16H25N3O2/c1-11(2)14-8-12(9-15(17-3)18-14)16(20)19(4)10-13-6-5-7-21-13/h8-9,11,13H,5-7,10H2,1-4H3,(H,17,18). The Kier molecular flexibility index (Phi) is 5.17. The Bertz CT molecular complexity index is 496. The third-order valence-electron chi connectivity index (χ3n) is 3.79. The lowest BCUT2D eigenvalue weighted by atomic mass is 10.1. The SMILES string of the molecule is CNc1cc(C(=O)N(C)CC2CCCO2)cc(C(C)C)n1. The number of pyridine rings is 1. The number of aromatic nitrogens is 1. The predicted molar refractivity (Wildman–Crippen MR) is 83.8 cm³/mol. The van der Waals surface area contributed by atoms with Crippen molar-refractivity contribution >= 4 is 11.7 Å². The van der Waals surface area contributed by atoms with Crippen molar-refractivity contribution in [2.45, 2.75) is 38.7 Å². The summed E-state index contributed by atoms with van der Waals surface area (Å²) in [5, 5.41) is 3.02. The molecule has 1 aromatic rings. The molecule has 2 heterocycles. The lowest BCUT2D eigenvalue weighted by Crippen LogP contribution is -2.34. The van der Waals surface area contributed by atoms with Gasteiger partial charge in [0.25, 0.3) is 5.91 Å². The molecule has 1 amide bonds. The van der Waals surface area contributed by atoms with E-state index in [-0.39, 0.29) is 17.9 Å². The number of amides is 1. The fourth-order valence-corrected chi connectivity index (χ4v) is 2.50. The number of ether oxygens (including phenoxy) is 1. The van der Waals surface area contributed by atoms with E-state index in [0.717, 1.165) is 31.0 Å². The molecule has 1 atom stereocenters. The summed E-state index contributed by atoms with van der Waals surface area (Å²) in [6.45, 7) is 5.61. The van der Waals surface area contributed by atoms with Crippen LogP contribution in [0, 0.1) is 0 Å². The average Bonchev–Trinajstić information content (AvgIpc) is 2.98. The van der Waals surface area contributed by atoms with Crippen molar-refractivity contribution in [3.8, 4) is 0 Å². The molecule has 0 bridgehead atoms. The number of anilines is 1. The molecule has 0 aromatic carbocycles. The second-order valence-electron chi connectivity index (χ2n) is 5.89. The maximum absolute atomic E-state index is 12.6. The van der Waals surface area contributed by atoms with E-state index in [9.17, 15) is 4.79 Å². The number of carbonyl (C=O) groups is 1. The minimum Gasteiger partial charge on any atom is -0.376 e. The molecule has 0 saturated carbocycles. The van der Waals surface area contributed by atoms with E-state index >= 15 is 0 Å². The molecule has 1 saturated heterocycles. The molecule has 5 heteroatoms. The minimum absolute atomic E-state index is 0.0197. The molecule has 2 rings (SSSR count). The van der Waals surface area contributed by atoms with Gasteiger partial charge in [0.2, 0.25) is 0 Å². The summed E-state index contributed by atoms with van der Waals surface area (Å²) in [5.74, 6) is 1.04. The van der Waals surface area contributed by atoms with Crippen LogP contribution in [0.4, 0.5) is 5.82 Å². The van der Waals surface area contributed by atoms with E-state index in [1.165, 1.54) is 0 Å². The summed E-state index contributed by atoms with van der Waals surface area (Å²) >= 11 is 0. The van der Waals surface area contributed by atoms with E-state index in [1.807, 2.05) is 20.2 Å².